The third-order valence-corrected chi connectivity index (χ3v) is 4.24. The molecule has 1 aliphatic heterocycles. The molecule has 29 heavy (non-hydrogen) atoms. The molecule has 0 radical (unpaired) electrons. The van der Waals surface area contributed by atoms with Gasteiger partial charge < -0.3 is 21.1 Å². The first-order chi connectivity index (χ1) is 13.3. The van der Waals surface area contributed by atoms with Crippen molar-refractivity contribution in [3.8, 4) is 5.88 Å². The maximum absolute atomic E-state index is 12.5. The summed E-state index contributed by atoms with van der Waals surface area (Å²) in [6, 6.07) is 2.35. The number of hydrogen-bond acceptors (Lipinski definition) is 5. The van der Waals surface area contributed by atoms with E-state index in [0.29, 0.717) is 12.5 Å². The summed E-state index contributed by atoms with van der Waals surface area (Å²) in [6.45, 7) is 2.45. The van der Waals surface area contributed by atoms with Crippen molar-refractivity contribution in [1.82, 2.24) is 20.5 Å². The molecule has 1 amide bonds. The van der Waals surface area contributed by atoms with E-state index in [-0.39, 0.29) is 55.0 Å². The third-order valence-electron chi connectivity index (χ3n) is 4.24. The number of alkyl halides is 3. The van der Waals surface area contributed by atoms with Crippen LogP contribution < -0.4 is 21.1 Å². The molecule has 0 saturated carbocycles. The van der Waals surface area contributed by atoms with Crippen molar-refractivity contribution in [2.24, 2.45) is 10.7 Å². The summed E-state index contributed by atoms with van der Waals surface area (Å²) >= 11 is 0. The smallest absolute Gasteiger partial charge is 0.417 e. The molecule has 8 nitrogen and oxygen atoms in total. The van der Waals surface area contributed by atoms with Crippen LogP contribution in [0, 0.1) is 0 Å². The van der Waals surface area contributed by atoms with Crippen molar-refractivity contribution in [3.63, 3.8) is 0 Å². The predicted molar refractivity (Wildman–Crippen MR) is 113 cm³/mol. The average molecular weight is 530 g/mol. The highest BCUT2D eigenvalue weighted by atomic mass is 127. The zero-order chi connectivity index (χ0) is 20.6. The lowest BCUT2D eigenvalue weighted by molar-refractivity contribution is -0.137. The Morgan fingerprint density at radius 2 is 2.07 bits per heavy atom. The Labute approximate surface area is 184 Å². The second-order valence-corrected chi connectivity index (χ2v) is 6.39. The van der Waals surface area contributed by atoms with Crippen LogP contribution in [0.2, 0.25) is 0 Å². The molecule has 1 aliphatic rings. The van der Waals surface area contributed by atoms with Gasteiger partial charge in [-0.2, -0.15) is 13.2 Å². The summed E-state index contributed by atoms with van der Waals surface area (Å²) in [4.78, 5) is 20.8. The summed E-state index contributed by atoms with van der Waals surface area (Å²) in [5, 5.41) is 6.39. The first-order valence-electron chi connectivity index (χ1n) is 8.92. The van der Waals surface area contributed by atoms with Gasteiger partial charge in [0.25, 0.3) is 0 Å². The van der Waals surface area contributed by atoms with Crippen LogP contribution in [0.3, 0.4) is 0 Å². The number of carbonyl (C=O) groups excluding carboxylic acids is 1. The molecule has 1 saturated heterocycles. The molecule has 4 N–H and O–H groups in total. The number of aliphatic imine (C=N–C) groups is 1. The van der Waals surface area contributed by atoms with Gasteiger partial charge in [0.1, 0.15) is 6.61 Å². The molecule has 2 rings (SSSR count). The number of pyridine rings is 1. The van der Waals surface area contributed by atoms with E-state index in [4.69, 9.17) is 10.5 Å². The van der Waals surface area contributed by atoms with Crippen LogP contribution in [0.5, 0.6) is 5.88 Å². The minimum atomic E-state index is -4.42. The molecule has 0 aromatic carbocycles. The Kier molecular flexibility index (Phi) is 10.4. The summed E-state index contributed by atoms with van der Waals surface area (Å²) in [5.74, 6) is 0.406. The van der Waals surface area contributed by atoms with Gasteiger partial charge in [-0.25, -0.2) is 4.98 Å². The highest BCUT2D eigenvalue weighted by Crippen LogP contribution is 2.29. The van der Waals surface area contributed by atoms with Crippen LogP contribution >= 0.6 is 24.0 Å². The van der Waals surface area contributed by atoms with Crippen LogP contribution in [-0.4, -0.2) is 67.6 Å². The van der Waals surface area contributed by atoms with Crippen LogP contribution in [0.25, 0.3) is 0 Å². The first kappa shape index (κ1) is 25.2. The second-order valence-electron chi connectivity index (χ2n) is 6.39. The number of nitrogens with two attached hydrogens (primary N) is 1. The van der Waals surface area contributed by atoms with Gasteiger partial charge in [0.05, 0.1) is 18.7 Å². The van der Waals surface area contributed by atoms with E-state index in [9.17, 15) is 18.0 Å². The fourth-order valence-electron chi connectivity index (χ4n) is 2.80. The molecule has 0 bridgehead atoms. The maximum Gasteiger partial charge on any atom is 0.417 e. The molecule has 0 unspecified atom stereocenters. The van der Waals surface area contributed by atoms with Crippen LogP contribution in [0.15, 0.2) is 23.3 Å². The number of rotatable bonds is 7. The normalized spacial score (nSPS) is 16.1. The third kappa shape index (κ3) is 9.02. The number of nitrogens with one attached hydrogen (secondary N) is 2. The van der Waals surface area contributed by atoms with E-state index in [1.807, 2.05) is 4.90 Å². The zero-order valence-corrected chi connectivity index (χ0v) is 18.4. The lowest BCUT2D eigenvalue weighted by Gasteiger charge is -2.32. The van der Waals surface area contributed by atoms with Crippen LogP contribution in [0.4, 0.5) is 13.2 Å². The highest BCUT2D eigenvalue weighted by Gasteiger charge is 2.30. The number of primary amides is 1. The number of halogens is 4. The molecular formula is C17H26F3IN6O2. The Balaban J connectivity index is 0.00000420. The molecular weight excluding hydrogens is 504 g/mol. The predicted octanol–water partition coefficient (Wildman–Crippen LogP) is 1.21. The van der Waals surface area contributed by atoms with Crippen LogP contribution in [0.1, 0.15) is 18.4 Å². The molecule has 0 atom stereocenters. The topological polar surface area (TPSA) is 105 Å². The molecule has 164 valence electrons. The number of guanidine groups is 1. The van der Waals surface area contributed by atoms with Crippen molar-refractivity contribution < 1.29 is 22.7 Å². The number of likely N-dealkylation sites (tertiary alicyclic amines) is 1. The van der Waals surface area contributed by atoms with Crippen molar-refractivity contribution in [3.05, 3.63) is 23.9 Å². The summed E-state index contributed by atoms with van der Waals surface area (Å²) < 4.78 is 42.8. The Morgan fingerprint density at radius 1 is 1.38 bits per heavy atom. The Bertz CT molecular complexity index is 664. The maximum atomic E-state index is 12.5. The van der Waals surface area contributed by atoms with Gasteiger partial charge in [-0.1, -0.05) is 0 Å². The molecule has 1 aromatic heterocycles. The second kappa shape index (κ2) is 12.0. The van der Waals surface area contributed by atoms with E-state index in [1.165, 1.54) is 6.07 Å². The monoisotopic (exact) mass is 530 g/mol. The largest absolute Gasteiger partial charge is 0.476 e. The minimum Gasteiger partial charge on any atom is -0.476 e. The van der Waals surface area contributed by atoms with Gasteiger partial charge in [0.2, 0.25) is 11.8 Å². The van der Waals surface area contributed by atoms with E-state index >= 15 is 0 Å². The first-order valence-corrected chi connectivity index (χ1v) is 8.92. The van der Waals surface area contributed by atoms with Crippen molar-refractivity contribution in [2.75, 3.05) is 39.8 Å². The number of carbonyl (C=O) groups is 1. The molecule has 1 fully saturated rings. The van der Waals surface area contributed by atoms with Gasteiger partial charge in [-0.15, -0.1) is 24.0 Å². The molecule has 0 aliphatic carbocycles. The Hall–Kier alpha value is -1.83. The molecule has 12 heteroatoms. The number of nitrogens with zero attached hydrogens (tertiary/aromatic N) is 3. The fraction of sp³-hybridized carbons (Fsp3) is 0.588. The average Bonchev–Trinajstić information content (AvgIpc) is 2.65. The van der Waals surface area contributed by atoms with Gasteiger partial charge in [0.15, 0.2) is 5.96 Å². The summed E-state index contributed by atoms with van der Waals surface area (Å²) in [7, 11) is 1.65. The van der Waals surface area contributed by atoms with Gasteiger partial charge >= 0.3 is 6.18 Å². The fourth-order valence-corrected chi connectivity index (χ4v) is 2.80. The Morgan fingerprint density at radius 3 is 2.59 bits per heavy atom. The minimum absolute atomic E-state index is 0. The van der Waals surface area contributed by atoms with Crippen molar-refractivity contribution >= 4 is 35.8 Å². The van der Waals surface area contributed by atoms with E-state index in [0.717, 1.165) is 38.2 Å². The standard InChI is InChI=1S/C17H25F3N6O2.HI/c1-22-16(25-13-4-7-26(8-5-13)11-14(21)27)23-6-9-28-15-3-2-12(10-24-15)17(18,19)20;/h2-3,10,13H,4-9,11H2,1H3,(H2,21,27)(H2,22,23,25);1H. The molecule has 0 spiro atoms. The van der Waals surface area contributed by atoms with Crippen molar-refractivity contribution in [2.45, 2.75) is 25.1 Å². The summed E-state index contributed by atoms with van der Waals surface area (Å²) in [6.07, 6.45) is -1.95. The summed E-state index contributed by atoms with van der Waals surface area (Å²) in [5.41, 5.74) is 4.39. The highest BCUT2D eigenvalue weighted by molar-refractivity contribution is 14.0. The quantitative estimate of drug-likeness (QED) is 0.212. The molecule has 1 aromatic rings. The number of piperidine rings is 1. The van der Waals surface area contributed by atoms with Gasteiger partial charge in [0, 0.05) is 38.4 Å². The number of hydrogen-bond donors (Lipinski definition) is 3. The van der Waals surface area contributed by atoms with Crippen molar-refractivity contribution in [1.29, 1.82) is 0 Å². The van der Waals surface area contributed by atoms with Gasteiger partial charge in [-0.05, 0) is 18.9 Å². The number of amides is 1. The molecule has 2 heterocycles. The lowest BCUT2D eigenvalue weighted by atomic mass is 10.1. The zero-order valence-electron chi connectivity index (χ0n) is 16.0. The van der Waals surface area contributed by atoms with Gasteiger partial charge in [-0.3, -0.25) is 14.7 Å². The lowest BCUT2D eigenvalue weighted by Crippen LogP contribution is -2.50. The SMILES string of the molecule is CN=C(NCCOc1ccc(C(F)(F)F)cn1)NC1CCN(CC(N)=O)CC1.I. The number of ether oxygens (including phenoxy) is 1. The van der Waals surface area contributed by atoms with E-state index in [1.54, 1.807) is 7.05 Å². The number of aromatic nitrogens is 1. The van der Waals surface area contributed by atoms with E-state index in [2.05, 4.69) is 20.6 Å². The van der Waals surface area contributed by atoms with E-state index < -0.39 is 11.7 Å². The van der Waals surface area contributed by atoms with Crippen LogP contribution in [-0.2, 0) is 11.0 Å².